The van der Waals surface area contributed by atoms with Gasteiger partial charge in [0.15, 0.2) is 0 Å². The number of benzene rings is 2. The average molecular weight is 237 g/mol. The molecule has 1 atom stereocenters. The number of amides is 1. The standard InChI is InChI=1S/C16H15NO/c1-2-17-15(12-8-4-3-5-9-12)13-10-6-7-11-14(13)16(17)18/h3-11,15H,2H2,1H3. The Balaban J connectivity index is 2.16. The van der Waals surface area contributed by atoms with Crippen molar-refractivity contribution in [1.29, 1.82) is 0 Å². The molecule has 0 radical (unpaired) electrons. The molecule has 0 saturated carbocycles. The van der Waals surface area contributed by atoms with Crippen LogP contribution in [0.1, 0.15) is 34.5 Å². The average Bonchev–Trinajstić information content (AvgIpc) is 2.73. The quantitative estimate of drug-likeness (QED) is 0.785. The van der Waals surface area contributed by atoms with Gasteiger partial charge in [-0.1, -0.05) is 48.5 Å². The van der Waals surface area contributed by atoms with E-state index in [1.807, 2.05) is 48.2 Å². The monoisotopic (exact) mass is 237 g/mol. The van der Waals surface area contributed by atoms with Crippen molar-refractivity contribution in [2.75, 3.05) is 6.54 Å². The summed E-state index contributed by atoms with van der Waals surface area (Å²) in [5.74, 6) is 0.141. The van der Waals surface area contributed by atoms with Crippen molar-refractivity contribution in [1.82, 2.24) is 4.90 Å². The van der Waals surface area contributed by atoms with Crippen LogP contribution in [0, 0.1) is 0 Å². The molecular formula is C16H15NO. The predicted octanol–water partition coefficient (Wildman–Crippen LogP) is 3.25. The third kappa shape index (κ3) is 1.53. The van der Waals surface area contributed by atoms with Crippen LogP contribution in [0.3, 0.4) is 0 Å². The van der Waals surface area contributed by atoms with Crippen molar-refractivity contribution in [2.24, 2.45) is 0 Å². The molecule has 0 aromatic heterocycles. The fourth-order valence-electron chi connectivity index (χ4n) is 2.69. The Labute approximate surface area is 107 Å². The van der Waals surface area contributed by atoms with E-state index in [4.69, 9.17) is 0 Å². The Kier molecular flexibility index (Phi) is 2.63. The minimum Gasteiger partial charge on any atom is -0.328 e. The van der Waals surface area contributed by atoms with Crippen molar-refractivity contribution < 1.29 is 4.79 Å². The molecule has 1 heterocycles. The maximum absolute atomic E-state index is 12.3. The summed E-state index contributed by atoms with van der Waals surface area (Å²) in [6, 6.07) is 18.2. The van der Waals surface area contributed by atoms with Gasteiger partial charge in [-0.05, 0) is 24.1 Å². The zero-order valence-corrected chi connectivity index (χ0v) is 10.3. The van der Waals surface area contributed by atoms with E-state index >= 15 is 0 Å². The molecule has 0 N–H and O–H groups in total. The van der Waals surface area contributed by atoms with Crippen LogP contribution in [-0.2, 0) is 0 Å². The van der Waals surface area contributed by atoms with Gasteiger partial charge in [0.05, 0.1) is 6.04 Å². The van der Waals surface area contributed by atoms with Crippen LogP contribution in [0.15, 0.2) is 54.6 Å². The molecule has 0 fully saturated rings. The summed E-state index contributed by atoms with van der Waals surface area (Å²) in [6.07, 6.45) is 0. The lowest BCUT2D eigenvalue weighted by Crippen LogP contribution is -2.28. The maximum Gasteiger partial charge on any atom is 0.254 e. The largest absolute Gasteiger partial charge is 0.328 e. The number of rotatable bonds is 2. The first-order valence-corrected chi connectivity index (χ1v) is 6.27. The molecule has 3 rings (SSSR count). The van der Waals surface area contributed by atoms with E-state index in [0.717, 1.165) is 17.7 Å². The van der Waals surface area contributed by atoms with Crippen molar-refractivity contribution in [3.05, 3.63) is 71.3 Å². The summed E-state index contributed by atoms with van der Waals surface area (Å²) in [5.41, 5.74) is 3.14. The third-order valence-electron chi connectivity index (χ3n) is 3.51. The number of hydrogen-bond acceptors (Lipinski definition) is 1. The van der Waals surface area contributed by atoms with Gasteiger partial charge in [0, 0.05) is 12.1 Å². The smallest absolute Gasteiger partial charge is 0.254 e. The molecule has 2 aromatic carbocycles. The van der Waals surface area contributed by atoms with Gasteiger partial charge < -0.3 is 4.90 Å². The van der Waals surface area contributed by atoms with Crippen LogP contribution >= 0.6 is 0 Å². The van der Waals surface area contributed by atoms with Crippen LogP contribution in [0.4, 0.5) is 0 Å². The van der Waals surface area contributed by atoms with E-state index in [-0.39, 0.29) is 11.9 Å². The van der Waals surface area contributed by atoms with Gasteiger partial charge in [-0.15, -0.1) is 0 Å². The second-order valence-electron chi connectivity index (χ2n) is 4.49. The first-order valence-electron chi connectivity index (χ1n) is 6.27. The summed E-state index contributed by atoms with van der Waals surface area (Å²) in [4.78, 5) is 14.3. The molecular weight excluding hydrogens is 222 g/mol. The molecule has 0 saturated heterocycles. The third-order valence-corrected chi connectivity index (χ3v) is 3.51. The summed E-state index contributed by atoms with van der Waals surface area (Å²) in [6.45, 7) is 2.76. The predicted molar refractivity (Wildman–Crippen MR) is 71.4 cm³/mol. The topological polar surface area (TPSA) is 20.3 Å². The Morgan fingerprint density at radius 3 is 2.39 bits per heavy atom. The maximum atomic E-state index is 12.3. The molecule has 1 unspecified atom stereocenters. The summed E-state index contributed by atoms with van der Waals surface area (Å²) in [5, 5.41) is 0. The first-order chi connectivity index (χ1) is 8.83. The number of carbonyl (C=O) groups is 1. The van der Waals surface area contributed by atoms with E-state index in [1.165, 1.54) is 5.56 Å². The molecule has 0 aliphatic carbocycles. The molecule has 1 aliphatic rings. The van der Waals surface area contributed by atoms with Crippen LogP contribution < -0.4 is 0 Å². The van der Waals surface area contributed by atoms with Gasteiger partial charge in [0.2, 0.25) is 0 Å². The normalized spacial score (nSPS) is 17.9. The van der Waals surface area contributed by atoms with Gasteiger partial charge in [-0.25, -0.2) is 0 Å². The van der Waals surface area contributed by atoms with Crippen LogP contribution in [0.5, 0.6) is 0 Å². The zero-order chi connectivity index (χ0) is 12.5. The summed E-state index contributed by atoms with van der Waals surface area (Å²) >= 11 is 0. The second-order valence-corrected chi connectivity index (χ2v) is 4.49. The lowest BCUT2D eigenvalue weighted by molar-refractivity contribution is 0.0759. The number of fused-ring (bicyclic) bond motifs is 1. The van der Waals surface area contributed by atoms with Crippen LogP contribution in [-0.4, -0.2) is 17.4 Å². The summed E-state index contributed by atoms with van der Waals surface area (Å²) in [7, 11) is 0. The summed E-state index contributed by atoms with van der Waals surface area (Å²) < 4.78 is 0. The van der Waals surface area contributed by atoms with E-state index in [1.54, 1.807) is 0 Å². The van der Waals surface area contributed by atoms with Crippen molar-refractivity contribution in [3.63, 3.8) is 0 Å². The van der Waals surface area contributed by atoms with Gasteiger partial charge in [-0.2, -0.15) is 0 Å². The molecule has 18 heavy (non-hydrogen) atoms. The zero-order valence-electron chi connectivity index (χ0n) is 10.3. The molecule has 1 aliphatic heterocycles. The highest BCUT2D eigenvalue weighted by Gasteiger charge is 2.35. The van der Waals surface area contributed by atoms with Gasteiger partial charge in [0.1, 0.15) is 0 Å². The van der Waals surface area contributed by atoms with E-state index < -0.39 is 0 Å². The van der Waals surface area contributed by atoms with E-state index in [0.29, 0.717) is 0 Å². The Hall–Kier alpha value is -2.09. The molecule has 0 spiro atoms. The van der Waals surface area contributed by atoms with Gasteiger partial charge >= 0.3 is 0 Å². The van der Waals surface area contributed by atoms with Crippen molar-refractivity contribution >= 4 is 5.91 Å². The Bertz CT molecular complexity index is 577. The van der Waals surface area contributed by atoms with Gasteiger partial charge in [0.25, 0.3) is 5.91 Å². The van der Waals surface area contributed by atoms with Crippen LogP contribution in [0.25, 0.3) is 0 Å². The Morgan fingerprint density at radius 2 is 1.67 bits per heavy atom. The minimum atomic E-state index is 0.0694. The molecule has 1 amide bonds. The van der Waals surface area contributed by atoms with Crippen molar-refractivity contribution in [2.45, 2.75) is 13.0 Å². The number of hydrogen-bond donors (Lipinski definition) is 0. The first kappa shape index (κ1) is 11.0. The second kappa shape index (κ2) is 4.30. The fourth-order valence-corrected chi connectivity index (χ4v) is 2.69. The van der Waals surface area contributed by atoms with Crippen molar-refractivity contribution in [3.8, 4) is 0 Å². The van der Waals surface area contributed by atoms with E-state index in [9.17, 15) is 4.79 Å². The molecule has 2 heteroatoms. The highest BCUT2D eigenvalue weighted by atomic mass is 16.2. The lowest BCUT2D eigenvalue weighted by Gasteiger charge is -2.24. The van der Waals surface area contributed by atoms with Crippen LogP contribution in [0.2, 0.25) is 0 Å². The molecule has 2 nitrogen and oxygen atoms in total. The fraction of sp³-hybridized carbons (Fsp3) is 0.188. The number of nitrogens with zero attached hydrogens (tertiary/aromatic N) is 1. The highest BCUT2D eigenvalue weighted by Crippen LogP contribution is 2.37. The molecule has 2 aromatic rings. The molecule has 0 bridgehead atoms. The van der Waals surface area contributed by atoms with E-state index in [2.05, 4.69) is 18.2 Å². The number of carbonyl (C=O) groups excluding carboxylic acids is 1. The Morgan fingerprint density at radius 1 is 1.00 bits per heavy atom. The molecule has 90 valence electrons. The highest BCUT2D eigenvalue weighted by molar-refractivity contribution is 5.99. The van der Waals surface area contributed by atoms with Gasteiger partial charge in [-0.3, -0.25) is 4.79 Å². The lowest BCUT2D eigenvalue weighted by atomic mass is 9.98. The SMILES string of the molecule is CCN1C(=O)c2ccccc2C1c1ccccc1. The minimum absolute atomic E-state index is 0.0694.